The molecule has 2 amide bonds. The van der Waals surface area contributed by atoms with Crippen molar-refractivity contribution in [1.29, 1.82) is 0 Å². The van der Waals surface area contributed by atoms with Crippen molar-refractivity contribution in [2.45, 2.75) is 57.6 Å². The number of ether oxygens (including phenoxy) is 1. The van der Waals surface area contributed by atoms with Crippen LogP contribution in [0.15, 0.2) is 48.8 Å². The van der Waals surface area contributed by atoms with Crippen molar-refractivity contribution in [2.75, 3.05) is 19.7 Å². The minimum atomic E-state index is -1.08. The number of carbonyl (C=O) groups is 2. The van der Waals surface area contributed by atoms with Crippen LogP contribution in [-0.4, -0.2) is 53.0 Å². The molecule has 6 nitrogen and oxygen atoms in total. The molecule has 2 aromatic rings. The summed E-state index contributed by atoms with van der Waals surface area (Å²) in [7, 11) is 0. The molecular formula is C26H33N3O3. The molecule has 0 bridgehead atoms. The highest BCUT2D eigenvalue weighted by Crippen LogP contribution is 2.30. The largest absolute Gasteiger partial charge is 0.361 e. The normalized spacial score (nSPS) is 21.7. The molecule has 1 saturated heterocycles. The molecule has 170 valence electrons. The number of carbonyl (C=O) groups excluding carboxylic acids is 2. The Balaban J connectivity index is 1.56. The fourth-order valence-corrected chi connectivity index (χ4v) is 4.80. The number of amides is 2. The quantitative estimate of drug-likeness (QED) is 0.753. The lowest BCUT2D eigenvalue weighted by Gasteiger charge is -2.42. The Bertz CT molecular complexity index is 923. The average Bonchev–Trinajstić information content (AvgIpc) is 3.34. The Labute approximate surface area is 190 Å². The molecule has 1 N–H and O–H groups in total. The SMILES string of the molecule is CC(C)NC(=O)C1(Cc2ccc(-c3cccnc3)cc2)CN(C(=O)C2CCCC2)CCO1. The van der Waals surface area contributed by atoms with E-state index in [9.17, 15) is 9.59 Å². The van der Waals surface area contributed by atoms with Crippen LogP contribution in [0, 0.1) is 5.92 Å². The predicted molar refractivity (Wildman–Crippen MR) is 124 cm³/mol. The summed E-state index contributed by atoms with van der Waals surface area (Å²) >= 11 is 0. The number of hydrogen-bond donors (Lipinski definition) is 1. The van der Waals surface area contributed by atoms with Crippen molar-refractivity contribution in [1.82, 2.24) is 15.2 Å². The molecule has 1 saturated carbocycles. The summed E-state index contributed by atoms with van der Waals surface area (Å²) in [6.07, 6.45) is 8.16. The van der Waals surface area contributed by atoms with Gasteiger partial charge in [-0.1, -0.05) is 43.2 Å². The number of nitrogens with one attached hydrogen (secondary N) is 1. The van der Waals surface area contributed by atoms with Crippen LogP contribution in [0.2, 0.25) is 0 Å². The van der Waals surface area contributed by atoms with E-state index in [-0.39, 0.29) is 23.8 Å². The van der Waals surface area contributed by atoms with Crippen LogP contribution in [0.1, 0.15) is 45.1 Å². The van der Waals surface area contributed by atoms with E-state index in [1.54, 1.807) is 6.20 Å². The van der Waals surface area contributed by atoms with Crippen molar-refractivity contribution in [2.24, 2.45) is 5.92 Å². The zero-order valence-electron chi connectivity index (χ0n) is 19.0. The highest BCUT2D eigenvalue weighted by Gasteiger charge is 2.46. The molecule has 1 aliphatic carbocycles. The molecule has 1 atom stereocenters. The topological polar surface area (TPSA) is 71.5 Å². The third-order valence-electron chi connectivity index (χ3n) is 6.47. The molecule has 1 aliphatic heterocycles. The Morgan fingerprint density at radius 1 is 1.16 bits per heavy atom. The Morgan fingerprint density at radius 2 is 1.91 bits per heavy atom. The lowest BCUT2D eigenvalue weighted by Crippen LogP contribution is -2.63. The minimum Gasteiger partial charge on any atom is -0.361 e. The van der Waals surface area contributed by atoms with Crippen LogP contribution in [0.4, 0.5) is 0 Å². The fourth-order valence-electron chi connectivity index (χ4n) is 4.80. The second-order valence-electron chi connectivity index (χ2n) is 9.33. The van der Waals surface area contributed by atoms with Gasteiger partial charge in [-0.2, -0.15) is 0 Å². The first-order valence-electron chi connectivity index (χ1n) is 11.7. The van der Waals surface area contributed by atoms with E-state index in [0.29, 0.717) is 26.1 Å². The molecule has 1 unspecified atom stereocenters. The number of aromatic nitrogens is 1. The number of nitrogens with zero attached hydrogens (tertiary/aromatic N) is 2. The molecule has 1 aromatic carbocycles. The summed E-state index contributed by atoms with van der Waals surface area (Å²) < 4.78 is 6.17. The van der Waals surface area contributed by atoms with Crippen LogP contribution in [0.5, 0.6) is 0 Å². The Morgan fingerprint density at radius 3 is 2.56 bits per heavy atom. The number of pyridine rings is 1. The predicted octanol–water partition coefficient (Wildman–Crippen LogP) is 3.60. The molecule has 2 aliphatic rings. The lowest BCUT2D eigenvalue weighted by atomic mass is 9.89. The van der Waals surface area contributed by atoms with Crippen LogP contribution in [0.3, 0.4) is 0 Å². The van der Waals surface area contributed by atoms with Gasteiger partial charge in [0.25, 0.3) is 5.91 Å². The van der Waals surface area contributed by atoms with E-state index in [1.165, 1.54) is 0 Å². The van der Waals surface area contributed by atoms with E-state index in [2.05, 4.69) is 10.3 Å². The van der Waals surface area contributed by atoms with Crippen molar-refractivity contribution >= 4 is 11.8 Å². The van der Waals surface area contributed by atoms with Gasteiger partial charge in [0, 0.05) is 37.3 Å². The molecule has 0 spiro atoms. The fraction of sp³-hybridized carbons (Fsp3) is 0.500. The first kappa shape index (κ1) is 22.5. The van der Waals surface area contributed by atoms with Gasteiger partial charge in [0.2, 0.25) is 5.91 Å². The summed E-state index contributed by atoms with van der Waals surface area (Å²) in [6, 6.07) is 12.1. The standard InChI is InChI=1S/C26H33N3O3/c1-19(2)28-25(31)26(18-29(14-15-32-26)24(30)22-6-3-4-7-22)16-20-9-11-21(12-10-20)23-8-5-13-27-17-23/h5,8-13,17,19,22H,3-4,6-7,14-16,18H2,1-2H3,(H,28,31). The monoisotopic (exact) mass is 435 g/mol. The van der Waals surface area contributed by atoms with E-state index < -0.39 is 5.60 Å². The Kier molecular flexibility index (Phi) is 6.89. The van der Waals surface area contributed by atoms with Crippen LogP contribution < -0.4 is 5.32 Å². The number of benzene rings is 1. The summed E-state index contributed by atoms with van der Waals surface area (Å²) in [5.74, 6) is 0.130. The smallest absolute Gasteiger partial charge is 0.254 e. The molecule has 0 radical (unpaired) electrons. The molecule has 1 aromatic heterocycles. The second-order valence-corrected chi connectivity index (χ2v) is 9.33. The van der Waals surface area contributed by atoms with Gasteiger partial charge in [0.15, 0.2) is 5.60 Å². The molecule has 2 fully saturated rings. The molecular weight excluding hydrogens is 402 g/mol. The first-order valence-corrected chi connectivity index (χ1v) is 11.7. The maximum atomic E-state index is 13.3. The van der Waals surface area contributed by atoms with Crippen molar-refractivity contribution in [3.8, 4) is 11.1 Å². The van der Waals surface area contributed by atoms with Crippen LogP contribution >= 0.6 is 0 Å². The number of hydrogen-bond acceptors (Lipinski definition) is 4. The van der Waals surface area contributed by atoms with Gasteiger partial charge >= 0.3 is 0 Å². The van der Waals surface area contributed by atoms with E-state index in [4.69, 9.17) is 4.74 Å². The van der Waals surface area contributed by atoms with Gasteiger partial charge in [0.05, 0.1) is 13.2 Å². The van der Waals surface area contributed by atoms with Crippen LogP contribution in [-0.2, 0) is 20.7 Å². The van der Waals surface area contributed by atoms with Gasteiger partial charge in [-0.25, -0.2) is 0 Å². The summed E-state index contributed by atoms with van der Waals surface area (Å²) in [6.45, 7) is 5.10. The summed E-state index contributed by atoms with van der Waals surface area (Å²) in [5.41, 5.74) is 2.05. The van der Waals surface area contributed by atoms with E-state index in [1.807, 2.05) is 61.3 Å². The average molecular weight is 436 g/mol. The van der Waals surface area contributed by atoms with Gasteiger partial charge in [0.1, 0.15) is 0 Å². The maximum absolute atomic E-state index is 13.3. The molecule has 32 heavy (non-hydrogen) atoms. The summed E-state index contributed by atoms with van der Waals surface area (Å²) in [4.78, 5) is 32.5. The highest BCUT2D eigenvalue weighted by atomic mass is 16.5. The van der Waals surface area contributed by atoms with Gasteiger partial charge < -0.3 is 15.0 Å². The zero-order chi connectivity index (χ0) is 22.6. The summed E-state index contributed by atoms with van der Waals surface area (Å²) in [5, 5.41) is 3.03. The third-order valence-corrected chi connectivity index (χ3v) is 6.47. The lowest BCUT2D eigenvalue weighted by molar-refractivity contribution is -0.168. The molecule has 2 heterocycles. The Hall–Kier alpha value is -2.73. The van der Waals surface area contributed by atoms with Crippen molar-refractivity contribution in [3.05, 3.63) is 54.4 Å². The third kappa shape index (κ3) is 5.01. The van der Waals surface area contributed by atoms with Crippen molar-refractivity contribution < 1.29 is 14.3 Å². The van der Waals surface area contributed by atoms with Gasteiger partial charge in [-0.05, 0) is 49.4 Å². The van der Waals surface area contributed by atoms with Crippen LogP contribution in [0.25, 0.3) is 11.1 Å². The van der Waals surface area contributed by atoms with Crippen molar-refractivity contribution in [3.63, 3.8) is 0 Å². The van der Waals surface area contributed by atoms with E-state index >= 15 is 0 Å². The molecule has 6 heteroatoms. The van der Waals surface area contributed by atoms with Gasteiger partial charge in [-0.3, -0.25) is 14.6 Å². The first-order chi connectivity index (χ1) is 15.5. The van der Waals surface area contributed by atoms with Gasteiger partial charge in [-0.15, -0.1) is 0 Å². The maximum Gasteiger partial charge on any atom is 0.254 e. The molecule has 4 rings (SSSR count). The van der Waals surface area contributed by atoms with E-state index in [0.717, 1.165) is 42.4 Å². The minimum absolute atomic E-state index is 0.00292. The zero-order valence-corrected chi connectivity index (χ0v) is 19.0. The highest BCUT2D eigenvalue weighted by molar-refractivity contribution is 5.88. The number of morpholine rings is 1. The second kappa shape index (κ2) is 9.82. The number of rotatable bonds is 6.